The summed E-state index contributed by atoms with van der Waals surface area (Å²) in [7, 11) is 0. The van der Waals surface area contributed by atoms with Gasteiger partial charge in [0.2, 0.25) is 0 Å². The lowest BCUT2D eigenvalue weighted by molar-refractivity contribution is -0.0993. The van der Waals surface area contributed by atoms with Gasteiger partial charge in [0, 0.05) is 19.6 Å². The van der Waals surface area contributed by atoms with Gasteiger partial charge in [-0.3, -0.25) is 4.90 Å². The lowest BCUT2D eigenvalue weighted by Gasteiger charge is -2.42. The van der Waals surface area contributed by atoms with Gasteiger partial charge in [-0.25, -0.2) is 4.79 Å². The van der Waals surface area contributed by atoms with Crippen LogP contribution in [0.1, 0.15) is 29.3 Å². The Hall–Kier alpha value is -2.37. The first-order chi connectivity index (χ1) is 11.9. The molecule has 0 spiro atoms. The van der Waals surface area contributed by atoms with Gasteiger partial charge in [0.15, 0.2) is 0 Å². The molecule has 5 nitrogen and oxygen atoms in total. The van der Waals surface area contributed by atoms with Crippen molar-refractivity contribution in [2.24, 2.45) is 0 Å². The molecule has 25 heavy (non-hydrogen) atoms. The fourth-order valence-corrected chi connectivity index (χ4v) is 3.24. The van der Waals surface area contributed by atoms with Crippen molar-refractivity contribution in [1.82, 2.24) is 4.90 Å². The fourth-order valence-electron chi connectivity index (χ4n) is 3.24. The molecule has 0 saturated carbocycles. The Balaban J connectivity index is 1.61. The highest BCUT2D eigenvalue weighted by Gasteiger charge is 2.39. The van der Waals surface area contributed by atoms with Gasteiger partial charge in [0.05, 0.1) is 5.56 Å². The Bertz CT molecular complexity index is 712. The first-order valence-corrected chi connectivity index (χ1v) is 8.43. The number of likely N-dealkylation sites (tertiary alicyclic amines) is 1. The number of hydrogen-bond donors (Lipinski definition) is 2. The SMILES string of the molecule is C[C@]1(O)CN(Cc2ccc(C(=O)O)cc2)CC[C@@H]1Oc1ccccc1. The zero-order valence-corrected chi connectivity index (χ0v) is 14.3. The molecule has 5 heteroatoms. The fraction of sp³-hybridized carbons (Fsp3) is 0.350. The third kappa shape index (κ3) is 4.38. The number of hydrogen-bond acceptors (Lipinski definition) is 4. The van der Waals surface area contributed by atoms with Gasteiger partial charge in [-0.15, -0.1) is 0 Å². The monoisotopic (exact) mass is 341 g/mol. The summed E-state index contributed by atoms with van der Waals surface area (Å²) in [4.78, 5) is 13.1. The van der Waals surface area contributed by atoms with Crippen LogP contribution < -0.4 is 4.74 Å². The van der Waals surface area contributed by atoms with Crippen LogP contribution in [0.15, 0.2) is 54.6 Å². The van der Waals surface area contributed by atoms with Gasteiger partial charge in [-0.2, -0.15) is 0 Å². The van der Waals surface area contributed by atoms with E-state index in [4.69, 9.17) is 9.84 Å². The number of aromatic carboxylic acids is 1. The first-order valence-electron chi connectivity index (χ1n) is 8.43. The molecule has 0 bridgehead atoms. The van der Waals surface area contributed by atoms with Crippen LogP contribution in [0.25, 0.3) is 0 Å². The van der Waals surface area contributed by atoms with Crippen LogP contribution in [0.2, 0.25) is 0 Å². The van der Waals surface area contributed by atoms with Crippen molar-refractivity contribution in [3.8, 4) is 5.75 Å². The lowest BCUT2D eigenvalue weighted by atomic mass is 9.91. The molecular weight excluding hydrogens is 318 g/mol. The van der Waals surface area contributed by atoms with Crippen molar-refractivity contribution in [2.45, 2.75) is 31.6 Å². The van der Waals surface area contributed by atoms with Crippen molar-refractivity contribution in [3.63, 3.8) is 0 Å². The molecule has 1 aliphatic rings. The summed E-state index contributed by atoms with van der Waals surface area (Å²) in [6.07, 6.45) is 0.482. The molecule has 132 valence electrons. The van der Waals surface area contributed by atoms with Crippen molar-refractivity contribution in [3.05, 3.63) is 65.7 Å². The molecular formula is C20H23NO4. The summed E-state index contributed by atoms with van der Waals surface area (Å²) in [6.45, 7) is 3.80. The third-order valence-corrected chi connectivity index (χ3v) is 4.57. The Labute approximate surface area is 147 Å². The summed E-state index contributed by atoms with van der Waals surface area (Å²) in [5.41, 5.74) is 0.365. The minimum Gasteiger partial charge on any atom is -0.487 e. The number of carboxylic acid groups (broad SMARTS) is 1. The minimum atomic E-state index is -0.949. The van der Waals surface area contributed by atoms with Crippen LogP contribution >= 0.6 is 0 Å². The second-order valence-electron chi connectivity index (χ2n) is 6.78. The van der Waals surface area contributed by atoms with E-state index in [0.717, 1.165) is 24.3 Å². The minimum absolute atomic E-state index is 0.250. The third-order valence-electron chi connectivity index (χ3n) is 4.57. The first kappa shape index (κ1) is 17.5. The van der Waals surface area contributed by atoms with Gasteiger partial charge >= 0.3 is 5.97 Å². The maximum absolute atomic E-state index is 10.9. The molecule has 0 aromatic heterocycles. The molecule has 0 amide bonds. The summed E-state index contributed by atoms with van der Waals surface area (Å²) >= 11 is 0. The smallest absolute Gasteiger partial charge is 0.335 e. The zero-order chi connectivity index (χ0) is 17.9. The molecule has 2 aromatic rings. The number of nitrogens with zero attached hydrogens (tertiary/aromatic N) is 1. The van der Waals surface area contributed by atoms with Gasteiger partial charge in [0.1, 0.15) is 17.5 Å². The lowest BCUT2D eigenvalue weighted by Crippen LogP contribution is -2.56. The maximum atomic E-state index is 10.9. The maximum Gasteiger partial charge on any atom is 0.335 e. The van der Waals surface area contributed by atoms with Crippen molar-refractivity contribution < 1.29 is 19.7 Å². The Morgan fingerprint density at radius 3 is 2.48 bits per heavy atom. The quantitative estimate of drug-likeness (QED) is 0.875. The number of ether oxygens (including phenoxy) is 1. The Morgan fingerprint density at radius 1 is 1.20 bits per heavy atom. The van der Waals surface area contributed by atoms with E-state index in [1.807, 2.05) is 42.5 Å². The predicted octanol–water partition coefficient (Wildman–Crippen LogP) is 2.79. The highest BCUT2D eigenvalue weighted by molar-refractivity contribution is 5.87. The topological polar surface area (TPSA) is 70.0 Å². The summed E-state index contributed by atoms with van der Waals surface area (Å²) in [6, 6.07) is 16.4. The molecule has 1 saturated heterocycles. The average molecular weight is 341 g/mol. The van der Waals surface area contributed by atoms with Crippen LogP contribution in [0.5, 0.6) is 5.75 Å². The number of β-amino-alcohol motifs (C(OH)–C–C–N with tert-alkyl or cyclic N) is 1. The largest absolute Gasteiger partial charge is 0.487 e. The van der Waals surface area contributed by atoms with Gasteiger partial charge in [-0.1, -0.05) is 30.3 Å². The van der Waals surface area contributed by atoms with E-state index >= 15 is 0 Å². The number of rotatable bonds is 5. The number of para-hydroxylation sites is 1. The van der Waals surface area contributed by atoms with E-state index in [2.05, 4.69) is 4.90 Å². The normalized spacial score (nSPS) is 24.0. The second-order valence-corrected chi connectivity index (χ2v) is 6.78. The molecule has 0 unspecified atom stereocenters. The number of benzene rings is 2. The number of carboxylic acids is 1. The van der Waals surface area contributed by atoms with E-state index < -0.39 is 11.6 Å². The van der Waals surface area contributed by atoms with Crippen LogP contribution in [0.3, 0.4) is 0 Å². The van der Waals surface area contributed by atoms with Gasteiger partial charge in [-0.05, 0) is 43.2 Å². The van der Waals surface area contributed by atoms with Crippen LogP contribution in [-0.2, 0) is 6.54 Å². The molecule has 1 heterocycles. The standard InChI is InChI=1S/C20H23NO4/c1-20(24)14-21(13-15-7-9-16(10-8-15)19(22)23)12-11-18(20)25-17-5-3-2-4-6-17/h2-10,18,24H,11-14H2,1H3,(H,22,23)/t18-,20-/m0/s1. The number of aliphatic hydroxyl groups is 1. The summed E-state index contributed by atoms with van der Waals surface area (Å²) < 4.78 is 5.97. The summed E-state index contributed by atoms with van der Waals surface area (Å²) in [5.74, 6) is -0.154. The van der Waals surface area contributed by atoms with Crippen molar-refractivity contribution in [2.75, 3.05) is 13.1 Å². The molecule has 0 radical (unpaired) electrons. The molecule has 2 atom stereocenters. The molecule has 2 aromatic carbocycles. The van der Waals surface area contributed by atoms with E-state index in [0.29, 0.717) is 13.1 Å². The van der Waals surface area contributed by atoms with Crippen LogP contribution in [-0.4, -0.2) is 45.9 Å². The van der Waals surface area contributed by atoms with Crippen molar-refractivity contribution in [1.29, 1.82) is 0 Å². The number of piperidine rings is 1. The molecule has 0 aliphatic carbocycles. The molecule has 2 N–H and O–H groups in total. The van der Waals surface area contributed by atoms with E-state index in [1.165, 1.54) is 0 Å². The van der Waals surface area contributed by atoms with E-state index in [-0.39, 0.29) is 11.7 Å². The van der Waals surface area contributed by atoms with E-state index in [9.17, 15) is 9.90 Å². The van der Waals surface area contributed by atoms with E-state index in [1.54, 1.807) is 19.1 Å². The second kappa shape index (κ2) is 7.25. The Morgan fingerprint density at radius 2 is 1.88 bits per heavy atom. The van der Waals surface area contributed by atoms with Crippen LogP contribution in [0, 0.1) is 0 Å². The predicted molar refractivity (Wildman–Crippen MR) is 94.8 cm³/mol. The number of carbonyl (C=O) groups is 1. The molecule has 1 fully saturated rings. The molecule has 1 aliphatic heterocycles. The van der Waals surface area contributed by atoms with Crippen molar-refractivity contribution >= 4 is 5.97 Å². The highest BCUT2D eigenvalue weighted by Crippen LogP contribution is 2.27. The van der Waals surface area contributed by atoms with Crippen LogP contribution in [0.4, 0.5) is 0 Å². The zero-order valence-electron chi connectivity index (χ0n) is 14.3. The Kier molecular flexibility index (Phi) is 5.06. The molecule has 3 rings (SSSR count). The summed E-state index contributed by atoms with van der Waals surface area (Å²) in [5, 5.41) is 19.8. The average Bonchev–Trinajstić information content (AvgIpc) is 2.58. The van der Waals surface area contributed by atoms with Gasteiger partial charge in [0.25, 0.3) is 0 Å². The highest BCUT2D eigenvalue weighted by atomic mass is 16.5. The van der Waals surface area contributed by atoms with Gasteiger partial charge < -0.3 is 14.9 Å².